The summed E-state index contributed by atoms with van der Waals surface area (Å²) >= 11 is 0. The van der Waals surface area contributed by atoms with E-state index < -0.39 is 0 Å². The van der Waals surface area contributed by atoms with Crippen LogP contribution in [0.5, 0.6) is 0 Å². The average Bonchev–Trinajstić information content (AvgIpc) is 2.97. The second-order valence-electron chi connectivity index (χ2n) is 4.09. The summed E-state index contributed by atoms with van der Waals surface area (Å²) in [4.78, 5) is 16.1. The predicted molar refractivity (Wildman–Crippen MR) is 55.8 cm³/mol. The van der Waals surface area contributed by atoms with Crippen molar-refractivity contribution in [3.8, 4) is 0 Å². The smallest absolute Gasteiger partial charge is 0.201 e. The van der Waals surface area contributed by atoms with E-state index in [1.165, 1.54) is 0 Å². The second-order valence-corrected chi connectivity index (χ2v) is 4.09. The molecule has 0 amide bonds. The number of Topliss-reactive ketones (excluding diaryl/α,β-unsaturated/α-hetero) is 1. The maximum Gasteiger partial charge on any atom is 0.201 e. The molecule has 0 unspecified atom stereocenters. The van der Waals surface area contributed by atoms with Crippen molar-refractivity contribution in [2.24, 2.45) is 5.92 Å². The average molecular weight is 201 g/mol. The Kier molecular flexibility index (Phi) is 1.69. The topological polar surface area (TPSA) is 43.1 Å². The summed E-state index contributed by atoms with van der Waals surface area (Å²) in [6, 6.07) is 5.50. The molecule has 3 heteroatoms. The highest BCUT2D eigenvalue weighted by molar-refractivity contribution is 5.99. The fraction of sp³-hybridized carbons (Fsp3) is 0.333. The maximum atomic E-state index is 11.7. The van der Waals surface area contributed by atoms with E-state index in [0.29, 0.717) is 11.3 Å². The van der Waals surface area contributed by atoms with Crippen molar-refractivity contribution in [2.45, 2.75) is 19.8 Å². The second kappa shape index (κ2) is 2.92. The first-order valence-corrected chi connectivity index (χ1v) is 5.15. The third-order valence-corrected chi connectivity index (χ3v) is 2.70. The van der Waals surface area contributed by atoms with Crippen LogP contribution in [-0.4, -0.2) is 10.8 Å². The fourth-order valence-electron chi connectivity index (χ4n) is 1.69. The van der Waals surface area contributed by atoms with Crippen molar-refractivity contribution in [3.05, 3.63) is 29.7 Å². The zero-order valence-electron chi connectivity index (χ0n) is 8.49. The number of rotatable bonds is 2. The molecule has 3 nitrogen and oxygen atoms in total. The van der Waals surface area contributed by atoms with E-state index in [0.717, 1.165) is 24.1 Å². The first-order chi connectivity index (χ1) is 7.24. The number of furan rings is 1. The summed E-state index contributed by atoms with van der Waals surface area (Å²) in [6.07, 6.45) is 2.00. The van der Waals surface area contributed by atoms with E-state index >= 15 is 0 Å². The van der Waals surface area contributed by atoms with Gasteiger partial charge in [-0.1, -0.05) is 0 Å². The first kappa shape index (κ1) is 8.65. The van der Waals surface area contributed by atoms with Gasteiger partial charge in [0.25, 0.3) is 0 Å². The van der Waals surface area contributed by atoms with Gasteiger partial charge in [-0.2, -0.15) is 0 Å². The third kappa shape index (κ3) is 1.44. The Morgan fingerprint density at radius 3 is 3.00 bits per heavy atom. The zero-order valence-corrected chi connectivity index (χ0v) is 8.49. The molecule has 15 heavy (non-hydrogen) atoms. The van der Waals surface area contributed by atoms with Gasteiger partial charge in [-0.15, -0.1) is 0 Å². The van der Waals surface area contributed by atoms with Crippen molar-refractivity contribution < 1.29 is 9.21 Å². The van der Waals surface area contributed by atoms with Gasteiger partial charge in [0.15, 0.2) is 11.3 Å². The quantitative estimate of drug-likeness (QED) is 0.701. The zero-order chi connectivity index (χ0) is 10.4. The number of carbonyl (C=O) groups is 1. The maximum absolute atomic E-state index is 11.7. The highest BCUT2D eigenvalue weighted by atomic mass is 16.3. The first-order valence-electron chi connectivity index (χ1n) is 5.15. The lowest BCUT2D eigenvalue weighted by Crippen LogP contribution is -1.98. The van der Waals surface area contributed by atoms with Gasteiger partial charge in [0.1, 0.15) is 5.52 Å². The van der Waals surface area contributed by atoms with Gasteiger partial charge in [0, 0.05) is 17.7 Å². The molecular weight excluding hydrogens is 190 g/mol. The molecule has 0 saturated heterocycles. The van der Waals surface area contributed by atoms with E-state index in [1.807, 2.05) is 19.1 Å². The number of ketones is 1. The van der Waals surface area contributed by atoms with Crippen LogP contribution in [0.2, 0.25) is 0 Å². The molecule has 0 radical (unpaired) electrons. The lowest BCUT2D eigenvalue weighted by Gasteiger charge is -1.90. The minimum Gasteiger partial charge on any atom is -0.451 e. The third-order valence-electron chi connectivity index (χ3n) is 2.70. The minimum absolute atomic E-state index is 0.130. The largest absolute Gasteiger partial charge is 0.451 e. The number of fused-ring (bicyclic) bond motifs is 1. The van der Waals surface area contributed by atoms with Crippen LogP contribution in [-0.2, 0) is 0 Å². The predicted octanol–water partition coefficient (Wildman–Crippen LogP) is 2.73. The number of pyridine rings is 1. The number of carbonyl (C=O) groups excluding carboxylic acids is 1. The monoisotopic (exact) mass is 201 g/mol. The molecule has 0 atom stereocenters. The van der Waals surface area contributed by atoms with Gasteiger partial charge in [0.2, 0.25) is 5.78 Å². The summed E-state index contributed by atoms with van der Waals surface area (Å²) in [5, 5.41) is 0. The van der Waals surface area contributed by atoms with E-state index in [4.69, 9.17) is 4.42 Å². The summed E-state index contributed by atoms with van der Waals surface area (Å²) in [5.74, 6) is 0.794. The van der Waals surface area contributed by atoms with Gasteiger partial charge in [-0.05, 0) is 31.9 Å². The Morgan fingerprint density at radius 1 is 1.47 bits per heavy atom. The molecule has 1 aliphatic carbocycles. The normalized spacial score (nSPS) is 15.8. The van der Waals surface area contributed by atoms with E-state index in [9.17, 15) is 4.79 Å². The highest BCUT2D eigenvalue weighted by Crippen LogP contribution is 2.33. The van der Waals surface area contributed by atoms with Crippen molar-refractivity contribution in [1.82, 2.24) is 4.98 Å². The molecule has 0 aliphatic heterocycles. The molecule has 1 aliphatic rings. The number of hydrogen-bond donors (Lipinski definition) is 0. The van der Waals surface area contributed by atoms with Crippen LogP contribution in [0.25, 0.3) is 11.1 Å². The van der Waals surface area contributed by atoms with Gasteiger partial charge in [-0.3, -0.25) is 4.79 Å². The lowest BCUT2D eigenvalue weighted by atomic mass is 10.2. The van der Waals surface area contributed by atoms with E-state index in [-0.39, 0.29) is 11.7 Å². The van der Waals surface area contributed by atoms with Crippen LogP contribution in [0.15, 0.2) is 22.6 Å². The molecule has 0 N–H and O–H groups in total. The Labute approximate surface area is 87.1 Å². The van der Waals surface area contributed by atoms with Crippen molar-refractivity contribution >= 4 is 16.9 Å². The molecule has 76 valence electrons. The molecule has 0 spiro atoms. The van der Waals surface area contributed by atoms with Gasteiger partial charge < -0.3 is 4.42 Å². The summed E-state index contributed by atoms with van der Waals surface area (Å²) in [7, 11) is 0. The van der Waals surface area contributed by atoms with Gasteiger partial charge >= 0.3 is 0 Å². The van der Waals surface area contributed by atoms with E-state index in [1.54, 1.807) is 6.07 Å². The molecular formula is C12H11NO2. The molecule has 1 saturated carbocycles. The lowest BCUT2D eigenvalue weighted by molar-refractivity contribution is 0.0942. The molecule has 1 fully saturated rings. The summed E-state index contributed by atoms with van der Waals surface area (Å²) < 4.78 is 5.47. The minimum atomic E-state index is 0.130. The van der Waals surface area contributed by atoms with Crippen molar-refractivity contribution in [3.63, 3.8) is 0 Å². The molecule has 0 bridgehead atoms. The van der Waals surface area contributed by atoms with Crippen LogP contribution < -0.4 is 0 Å². The van der Waals surface area contributed by atoms with Gasteiger partial charge in [-0.25, -0.2) is 4.98 Å². The SMILES string of the molecule is Cc1ccc2oc(C(=O)C3CC3)cc2n1. The van der Waals surface area contributed by atoms with Crippen LogP contribution in [0.3, 0.4) is 0 Å². The highest BCUT2D eigenvalue weighted by Gasteiger charge is 2.32. The fourth-order valence-corrected chi connectivity index (χ4v) is 1.69. The molecule has 2 heterocycles. The van der Waals surface area contributed by atoms with Crippen LogP contribution in [0.4, 0.5) is 0 Å². The Balaban J connectivity index is 2.09. The molecule has 0 aromatic carbocycles. The van der Waals surface area contributed by atoms with Crippen LogP contribution >= 0.6 is 0 Å². The van der Waals surface area contributed by atoms with Crippen LogP contribution in [0, 0.1) is 12.8 Å². The Bertz CT molecular complexity index is 538. The number of aryl methyl sites for hydroxylation is 1. The summed E-state index contributed by atoms with van der Waals surface area (Å²) in [6.45, 7) is 1.93. The summed E-state index contributed by atoms with van der Waals surface area (Å²) in [5.41, 5.74) is 2.41. The number of aromatic nitrogens is 1. The Hall–Kier alpha value is -1.64. The molecule has 2 aromatic rings. The van der Waals surface area contributed by atoms with Crippen molar-refractivity contribution in [1.29, 1.82) is 0 Å². The van der Waals surface area contributed by atoms with Crippen LogP contribution in [0.1, 0.15) is 29.1 Å². The standard InChI is InChI=1S/C12H11NO2/c1-7-2-5-10-9(13-7)6-11(15-10)12(14)8-3-4-8/h2,5-6,8H,3-4H2,1H3. The van der Waals surface area contributed by atoms with Gasteiger partial charge in [0.05, 0.1) is 0 Å². The molecule has 2 aromatic heterocycles. The molecule has 3 rings (SSSR count). The van der Waals surface area contributed by atoms with E-state index in [2.05, 4.69) is 4.98 Å². The Morgan fingerprint density at radius 2 is 2.27 bits per heavy atom. The number of hydrogen-bond acceptors (Lipinski definition) is 3. The van der Waals surface area contributed by atoms with Crippen molar-refractivity contribution in [2.75, 3.05) is 0 Å². The number of nitrogens with zero attached hydrogens (tertiary/aromatic N) is 1.